The fourth-order valence-corrected chi connectivity index (χ4v) is 3.52. The third-order valence-corrected chi connectivity index (χ3v) is 5.31. The minimum Gasteiger partial charge on any atom is -0.329 e. The van der Waals surface area contributed by atoms with E-state index in [9.17, 15) is 14.4 Å². The van der Waals surface area contributed by atoms with Crippen molar-refractivity contribution in [2.45, 2.75) is 25.4 Å². The van der Waals surface area contributed by atoms with Crippen LogP contribution < -0.4 is 10.6 Å². The lowest BCUT2D eigenvalue weighted by Crippen LogP contribution is -2.31. The van der Waals surface area contributed by atoms with Gasteiger partial charge in [-0.1, -0.05) is 18.2 Å². The Morgan fingerprint density at radius 1 is 1.10 bits per heavy atom. The molecular formula is C21H19N7O3. The fourth-order valence-electron chi connectivity index (χ4n) is 3.52. The maximum Gasteiger partial charge on any atom is 0.324 e. The number of benzene rings is 2. The third kappa shape index (κ3) is 3.75. The number of anilines is 1. The summed E-state index contributed by atoms with van der Waals surface area (Å²) in [5.74, 6) is 0.0711. The van der Waals surface area contributed by atoms with Crippen molar-refractivity contribution in [1.82, 2.24) is 30.4 Å². The Hall–Kier alpha value is -4.08. The van der Waals surface area contributed by atoms with Crippen molar-refractivity contribution in [2.75, 3.05) is 11.9 Å². The van der Waals surface area contributed by atoms with Gasteiger partial charge in [-0.05, 0) is 59.2 Å². The number of rotatable bonds is 6. The molecule has 10 heteroatoms. The second kappa shape index (κ2) is 7.63. The molecule has 0 unspecified atom stereocenters. The van der Waals surface area contributed by atoms with Crippen LogP contribution >= 0.6 is 0 Å². The first-order chi connectivity index (χ1) is 15.1. The predicted octanol–water partition coefficient (Wildman–Crippen LogP) is 1.98. The summed E-state index contributed by atoms with van der Waals surface area (Å²) in [5.41, 5.74) is 2.47. The van der Waals surface area contributed by atoms with Gasteiger partial charge >= 0.3 is 6.03 Å². The molecule has 1 aromatic heterocycles. The van der Waals surface area contributed by atoms with E-state index in [1.165, 1.54) is 0 Å². The molecule has 2 N–H and O–H groups in total. The van der Waals surface area contributed by atoms with Crippen LogP contribution in [0.3, 0.4) is 0 Å². The molecule has 2 aliphatic rings. The second-order valence-corrected chi connectivity index (χ2v) is 7.51. The number of nitrogens with zero attached hydrogens (tertiary/aromatic N) is 5. The maximum atomic E-state index is 12.9. The average Bonchev–Trinajstić information content (AvgIpc) is 3.43. The summed E-state index contributed by atoms with van der Waals surface area (Å²) in [4.78, 5) is 37.7. The van der Waals surface area contributed by atoms with Crippen LogP contribution in [0.2, 0.25) is 0 Å². The number of carbonyl (C=O) groups excluding carboxylic acids is 3. The zero-order valence-electron chi connectivity index (χ0n) is 16.5. The molecule has 2 aromatic carbocycles. The quantitative estimate of drug-likeness (QED) is 0.592. The van der Waals surface area contributed by atoms with Gasteiger partial charge in [0.1, 0.15) is 0 Å². The van der Waals surface area contributed by atoms with Gasteiger partial charge in [-0.3, -0.25) is 14.5 Å². The normalized spacial score (nSPS) is 15.8. The Morgan fingerprint density at radius 2 is 1.87 bits per heavy atom. The molecule has 2 heterocycles. The summed E-state index contributed by atoms with van der Waals surface area (Å²) in [6, 6.07) is 14.1. The van der Waals surface area contributed by atoms with Crippen LogP contribution in [0.15, 0.2) is 48.5 Å². The van der Waals surface area contributed by atoms with Crippen LogP contribution in [0.5, 0.6) is 0 Å². The minimum absolute atomic E-state index is 0.0242. The molecule has 1 saturated carbocycles. The molecule has 31 heavy (non-hydrogen) atoms. The van der Waals surface area contributed by atoms with Gasteiger partial charge in [0.15, 0.2) is 5.82 Å². The summed E-state index contributed by atoms with van der Waals surface area (Å²) in [6.45, 7) is 0.0145. The number of amides is 4. The van der Waals surface area contributed by atoms with E-state index in [4.69, 9.17) is 0 Å². The van der Waals surface area contributed by atoms with E-state index in [1.807, 2.05) is 16.8 Å². The number of imide groups is 1. The van der Waals surface area contributed by atoms with Gasteiger partial charge < -0.3 is 10.6 Å². The number of tetrazole rings is 1. The van der Waals surface area contributed by atoms with Gasteiger partial charge in [0.2, 0.25) is 5.91 Å². The molecule has 0 spiro atoms. The monoisotopic (exact) mass is 417 g/mol. The summed E-state index contributed by atoms with van der Waals surface area (Å²) in [6.07, 6.45) is 2.16. The van der Waals surface area contributed by atoms with Gasteiger partial charge in [-0.2, -0.15) is 0 Å². The predicted molar refractivity (Wildman–Crippen MR) is 110 cm³/mol. The Balaban J connectivity index is 1.32. The SMILES string of the molecule is O=C(Nc1ccc(-c2nnnn2C2CC2)cc1)c1ccccc1CN1C(=O)CNC1=O. The minimum atomic E-state index is -0.454. The Kier molecular flexibility index (Phi) is 4.66. The van der Waals surface area contributed by atoms with Crippen molar-refractivity contribution in [3.63, 3.8) is 0 Å². The first kappa shape index (κ1) is 18.9. The van der Waals surface area contributed by atoms with E-state index in [1.54, 1.807) is 36.4 Å². The molecule has 156 valence electrons. The molecule has 1 saturated heterocycles. The topological polar surface area (TPSA) is 122 Å². The van der Waals surface area contributed by atoms with Crippen LogP contribution in [0.1, 0.15) is 34.8 Å². The van der Waals surface area contributed by atoms with Crippen LogP contribution in [0, 0.1) is 0 Å². The first-order valence-electron chi connectivity index (χ1n) is 9.96. The highest BCUT2D eigenvalue weighted by molar-refractivity contribution is 6.06. The zero-order valence-corrected chi connectivity index (χ0v) is 16.5. The Labute approximate surface area is 177 Å². The number of aromatic nitrogens is 4. The summed E-state index contributed by atoms with van der Waals surface area (Å²) >= 11 is 0. The van der Waals surface area contributed by atoms with Crippen LogP contribution in [0.25, 0.3) is 11.4 Å². The molecule has 0 atom stereocenters. The lowest BCUT2D eigenvalue weighted by Gasteiger charge is -2.15. The van der Waals surface area contributed by atoms with Crippen molar-refractivity contribution in [3.8, 4) is 11.4 Å². The van der Waals surface area contributed by atoms with E-state index in [0.29, 0.717) is 28.7 Å². The molecule has 5 rings (SSSR count). The number of hydrogen-bond acceptors (Lipinski definition) is 6. The highest BCUT2D eigenvalue weighted by Gasteiger charge is 2.30. The molecule has 3 aromatic rings. The van der Waals surface area contributed by atoms with E-state index < -0.39 is 6.03 Å². The van der Waals surface area contributed by atoms with Crippen molar-refractivity contribution < 1.29 is 14.4 Å². The van der Waals surface area contributed by atoms with Gasteiger partial charge in [0.05, 0.1) is 19.1 Å². The Morgan fingerprint density at radius 3 is 2.58 bits per heavy atom. The highest BCUT2D eigenvalue weighted by Crippen LogP contribution is 2.36. The largest absolute Gasteiger partial charge is 0.329 e. The number of nitrogens with one attached hydrogen (secondary N) is 2. The highest BCUT2D eigenvalue weighted by atomic mass is 16.2. The number of carbonyl (C=O) groups is 3. The first-order valence-corrected chi connectivity index (χ1v) is 9.96. The van der Waals surface area contributed by atoms with Crippen LogP contribution in [0.4, 0.5) is 10.5 Å². The van der Waals surface area contributed by atoms with Gasteiger partial charge in [0.25, 0.3) is 5.91 Å². The summed E-state index contributed by atoms with van der Waals surface area (Å²) < 4.78 is 1.83. The number of urea groups is 1. The second-order valence-electron chi connectivity index (χ2n) is 7.51. The smallest absolute Gasteiger partial charge is 0.324 e. The number of hydrogen-bond donors (Lipinski definition) is 2. The van der Waals surface area contributed by atoms with Crippen molar-refractivity contribution in [2.24, 2.45) is 0 Å². The average molecular weight is 417 g/mol. The van der Waals surface area contributed by atoms with E-state index >= 15 is 0 Å². The molecule has 2 fully saturated rings. The summed E-state index contributed by atoms with van der Waals surface area (Å²) in [7, 11) is 0. The molecule has 0 bridgehead atoms. The fraction of sp³-hybridized carbons (Fsp3) is 0.238. The Bertz CT molecular complexity index is 1150. The van der Waals surface area contributed by atoms with Crippen LogP contribution in [-0.2, 0) is 11.3 Å². The van der Waals surface area contributed by atoms with Gasteiger partial charge in [-0.15, -0.1) is 5.10 Å². The van der Waals surface area contributed by atoms with Crippen molar-refractivity contribution >= 4 is 23.5 Å². The third-order valence-electron chi connectivity index (χ3n) is 5.31. The van der Waals surface area contributed by atoms with Crippen molar-refractivity contribution in [1.29, 1.82) is 0 Å². The lowest BCUT2D eigenvalue weighted by atomic mass is 10.1. The molecule has 0 radical (unpaired) electrons. The standard InChI is InChI=1S/C21H19N7O3/c29-18-11-22-21(31)27(18)12-14-3-1-2-4-17(14)20(30)23-15-7-5-13(6-8-15)19-24-25-26-28(19)16-9-10-16/h1-8,16H,9-12H2,(H,22,31)(H,23,30). The lowest BCUT2D eigenvalue weighted by molar-refractivity contribution is -0.125. The molecule has 10 nitrogen and oxygen atoms in total. The molecule has 4 amide bonds. The maximum absolute atomic E-state index is 12.9. The summed E-state index contributed by atoms with van der Waals surface area (Å²) in [5, 5.41) is 17.3. The van der Waals surface area contributed by atoms with E-state index in [0.717, 1.165) is 23.3 Å². The molecule has 1 aliphatic carbocycles. The zero-order chi connectivity index (χ0) is 21.4. The van der Waals surface area contributed by atoms with Crippen molar-refractivity contribution in [3.05, 3.63) is 59.7 Å². The molecule has 1 aliphatic heterocycles. The van der Waals surface area contributed by atoms with Crippen LogP contribution in [-0.4, -0.2) is 49.5 Å². The van der Waals surface area contributed by atoms with Gasteiger partial charge in [0, 0.05) is 16.8 Å². The van der Waals surface area contributed by atoms with E-state index in [-0.39, 0.29) is 24.9 Å². The van der Waals surface area contributed by atoms with E-state index in [2.05, 4.69) is 26.2 Å². The van der Waals surface area contributed by atoms with Gasteiger partial charge in [-0.25, -0.2) is 9.48 Å². The molecular weight excluding hydrogens is 398 g/mol.